The number of benzene rings is 1. The summed E-state index contributed by atoms with van der Waals surface area (Å²) < 4.78 is 13.8. The molecule has 2 N–H and O–H groups in total. The number of halogens is 3. The van der Waals surface area contributed by atoms with Gasteiger partial charge in [0.15, 0.2) is 11.6 Å². The second kappa shape index (κ2) is 7.98. The summed E-state index contributed by atoms with van der Waals surface area (Å²) in [5.74, 6) is -0.522. The number of nitrogens with zero attached hydrogens (tertiary/aromatic N) is 2. The van der Waals surface area contributed by atoms with Crippen LogP contribution in [-0.2, 0) is 0 Å². The average molecular weight is 348 g/mol. The predicted octanol–water partition coefficient (Wildman–Crippen LogP) is 2.60. The van der Waals surface area contributed by atoms with Crippen molar-refractivity contribution < 1.29 is 9.50 Å². The van der Waals surface area contributed by atoms with Gasteiger partial charge < -0.3 is 10.4 Å². The fourth-order valence-electron chi connectivity index (χ4n) is 3.03. The number of hydrogen-bond donors (Lipinski definition) is 2. The van der Waals surface area contributed by atoms with Crippen molar-refractivity contribution in [2.75, 3.05) is 26.2 Å². The monoisotopic (exact) mass is 347 g/mol. The molecule has 4 nitrogen and oxygen atoms in total. The molecule has 0 radical (unpaired) electrons. The van der Waals surface area contributed by atoms with Crippen molar-refractivity contribution in [3.05, 3.63) is 29.1 Å². The van der Waals surface area contributed by atoms with Crippen LogP contribution in [0.1, 0.15) is 30.0 Å². The largest absolute Gasteiger partial charge is 0.505 e. The highest BCUT2D eigenvalue weighted by Gasteiger charge is 2.38. The maximum atomic E-state index is 13.8. The number of hydrogen-bond acceptors (Lipinski definition) is 4. The van der Waals surface area contributed by atoms with E-state index < -0.39 is 5.82 Å². The molecule has 1 saturated carbocycles. The Hall–Kier alpha value is -1.06. The minimum Gasteiger partial charge on any atom is -0.505 e. The van der Waals surface area contributed by atoms with Crippen LogP contribution in [0.25, 0.3) is 0 Å². The minimum atomic E-state index is -0.695. The molecule has 1 heterocycles. The summed E-state index contributed by atoms with van der Waals surface area (Å²) in [5.41, 5.74) is 0.849. The van der Waals surface area contributed by atoms with Crippen LogP contribution >= 0.6 is 24.8 Å². The third-order valence-electron chi connectivity index (χ3n) is 4.15. The van der Waals surface area contributed by atoms with E-state index in [1.807, 2.05) is 6.07 Å². The fraction of sp³-hybridized carbons (Fsp3) is 0.533. The van der Waals surface area contributed by atoms with Crippen LogP contribution in [0.4, 0.5) is 4.39 Å². The molecule has 1 saturated heterocycles. The molecule has 1 aliphatic heterocycles. The molecular weight excluding hydrogens is 328 g/mol. The Morgan fingerprint density at radius 3 is 2.45 bits per heavy atom. The zero-order valence-electron chi connectivity index (χ0n) is 12.1. The highest BCUT2D eigenvalue weighted by molar-refractivity contribution is 5.85. The van der Waals surface area contributed by atoms with E-state index in [1.54, 1.807) is 6.07 Å². The molecule has 0 unspecified atom stereocenters. The number of phenolic OH excluding ortho intramolecular Hbond substituents is 1. The lowest BCUT2D eigenvalue weighted by Gasteiger charge is -2.35. The van der Waals surface area contributed by atoms with Gasteiger partial charge in [-0.1, -0.05) is 0 Å². The summed E-state index contributed by atoms with van der Waals surface area (Å²) in [6, 6.07) is 4.74. The van der Waals surface area contributed by atoms with E-state index in [4.69, 9.17) is 5.26 Å². The predicted molar refractivity (Wildman–Crippen MR) is 87.2 cm³/mol. The molecule has 1 aliphatic carbocycles. The number of aromatic hydroxyl groups is 1. The number of piperazine rings is 1. The molecule has 3 rings (SSSR count). The van der Waals surface area contributed by atoms with E-state index in [0.29, 0.717) is 11.5 Å². The molecule has 2 fully saturated rings. The summed E-state index contributed by atoms with van der Waals surface area (Å²) in [5, 5.41) is 22.4. The Morgan fingerprint density at radius 1 is 1.27 bits per heavy atom. The topological polar surface area (TPSA) is 59.3 Å². The highest BCUT2D eigenvalue weighted by atomic mass is 35.5. The molecule has 1 atom stereocenters. The van der Waals surface area contributed by atoms with E-state index in [-0.39, 0.29) is 42.2 Å². The number of rotatable bonds is 3. The molecule has 1 aromatic rings. The summed E-state index contributed by atoms with van der Waals surface area (Å²) >= 11 is 0. The van der Waals surface area contributed by atoms with Gasteiger partial charge in [0.1, 0.15) is 0 Å². The van der Waals surface area contributed by atoms with Gasteiger partial charge in [0, 0.05) is 37.8 Å². The fourth-order valence-corrected chi connectivity index (χ4v) is 3.03. The lowest BCUT2D eigenvalue weighted by atomic mass is 9.96. The van der Waals surface area contributed by atoms with Crippen LogP contribution in [0.15, 0.2) is 12.1 Å². The SMILES string of the molecule is Cl.Cl.N#Cc1cc(F)c(O)c([C@@H](C2CC2)N2CCNCC2)c1. The van der Waals surface area contributed by atoms with Crippen molar-refractivity contribution in [2.24, 2.45) is 5.92 Å². The van der Waals surface area contributed by atoms with Gasteiger partial charge >= 0.3 is 0 Å². The smallest absolute Gasteiger partial charge is 0.166 e. The second-order valence-corrected chi connectivity index (χ2v) is 5.58. The Morgan fingerprint density at radius 2 is 1.91 bits per heavy atom. The molecule has 0 spiro atoms. The Labute approximate surface area is 142 Å². The van der Waals surface area contributed by atoms with Crippen molar-refractivity contribution in [3.63, 3.8) is 0 Å². The first-order valence-corrected chi connectivity index (χ1v) is 7.08. The quantitative estimate of drug-likeness (QED) is 0.882. The van der Waals surface area contributed by atoms with Crippen molar-refractivity contribution in [1.29, 1.82) is 5.26 Å². The van der Waals surface area contributed by atoms with Crippen LogP contribution in [-0.4, -0.2) is 36.2 Å². The van der Waals surface area contributed by atoms with E-state index >= 15 is 0 Å². The van der Waals surface area contributed by atoms with Gasteiger partial charge in [-0.3, -0.25) is 4.90 Å². The van der Waals surface area contributed by atoms with Gasteiger partial charge in [0.05, 0.1) is 11.6 Å². The molecule has 2 aliphatic rings. The van der Waals surface area contributed by atoms with Crippen molar-refractivity contribution in [1.82, 2.24) is 10.2 Å². The minimum absolute atomic E-state index is 0. The van der Waals surface area contributed by atoms with Gasteiger partial charge in [-0.15, -0.1) is 24.8 Å². The van der Waals surface area contributed by atoms with Crippen LogP contribution < -0.4 is 5.32 Å². The Bertz CT molecular complexity index is 554. The number of phenols is 1. The van der Waals surface area contributed by atoms with Gasteiger partial charge in [0.25, 0.3) is 0 Å². The average Bonchev–Trinajstić information content (AvgIpc) is 3.29. The van der Waals surface area contributed by atoms with E-state index in [9.17, 15) is 9.50 Å². The standard InChI is InChI=1S/C15H18FN3O.2ClH/c16-13-8-10(9-17)7-12(15(13)20)14(11-1-2-11)19-5-3-18-4-6-19;;/h7-8,11,14,18,20H,1-6H2;2*1H/t14-;;/m1../s1. The van der Waals surface area contributed by atoms with Gasteiger partial charge in [-0.2, -0.15) is 5.26 Å². The number of nitriles is 1. The van der Waals surface area contributed by atoms with Crippen LogP contribution in [0.2, 0.25) is 0 Å². The summed E-state index contributed by atoms with van der Waals surface area (Å²) in [6.07, 6.45) is 2.21. The third-order valence-corrected chi connectivity index (χ3v) is 4.15. The molecule has 0 bridgehead atoms. The van der Waals surface area contributed by atoms with Gasteiger partial charge in [-0.05, 0) is 30.9 Å². The molecule has 122 valence electrons. The lowest BCUT2D eigenvalue weighted by Crippen LogP contribution is -2.45. The van der Waals surface area contributed by atoms with Crippen molar-refractivity contribution in [2.45, 2.75) is 18.9 Å². The highest BCUT2D eigenvalue weighted by Crippen LogP contribution is 2.47. The normalized spacial score (nSPS) is 19.5. The first-order valence-electron chi connectivity index (χ1n) is 7.08. The van der Waals surface area contributed by atoms with E-state index in [2.05, 4.69) is 10.2 Å². The van der Waals surface area contributed by atoms with Crippen LogP contribution in [0, 0.1) is 23.1 Å². The van der Waals surface area contributed by atoms with Crippen LogP contribution in [0.5, 0.6) is 5.75 Å². The molecule has 7 heteroatoms. The Balaban J connectivity index is 0.00000121. The maximum Gasteiger partial charge on any atom is 0.166 e. The molecule has 1 aromatic carbocycles. The zero-order chi connectivity index (χ0) is 14.1. The molecule has 22 heavy (non-hydrogen) atoms. The van der Waals surface area contributed by atoms with E-state index in [1.165, 1.54) is 0 Å². The maximum absolute atomic E-state index is 13.8. The Kier molecular flexibility index (Phi) is 6.89. The van der Waals surface area contributed by atoms with Crippen molar-refractivity contribution >= 4 is 24.8 Å². The van der Waals surface area contributed by atoms with Gasteiger partial charge in [0.2, 0.25) is 0 Å². The third kappa shape index (κ3) is 3.82. The lowest BCUT2D eigenvalue weighted by molar-refractivity contribution is 0.153. The first kappa shape index (κ1) is 19.0. The zero-order valence-corrected chi connectivity index (χ0v) is 13.7. The molecule has 0 aromatic heterocycles. The molecular formula is C15H20Cl2FN3O. The summed E-state index contributed by atoms with van der Waals surface area (Å²) in [4.78, 5) is 2.30. The number of nitrogens with one attached hydrogen (secondary N) is 1. The second-order valence-electron chi connectivity index (χ2n) is 5.58. The van der Waals surface area contributed by atoms with Crippen LogP contribution in [0.3, 0.4) is 0 Å². The van der Waals surface area contributed by atoms with Gasteiger partial charge in [-0.25, -0.2) is 4.39 Å². The molecule has 0 amide bonds. The summed E-state index contributed by atoms with van der Waals surface area (Å²) in [6.45, 7) is 3.59. The first-order chi connectivity index (χ1) is 9.70. The van der Waals surface area contributed by atoms with E-state index in [0.717, 1.165) is 45.1 Å². The summed E-state index contributed by atoms with van der Waals surface area (Å²) in [7, 11) is 0. The van der Waals surface area contributed by atoms with Crippen molar-refractivity contribution in [3.8, 4) is 11.8 Å².